The van der Waals surface area contributed by atoms with Crippen LogP contribution < -0.4 is 10.6 Å². The van der Waals surface area contributed by atoms with Crippen LogP contribution in [-0.4, -0.2) is 63.5 Å². The van der Waals surface area contributed by atoms with Crippen molar-refractivity contribution >= 4 is 17.8 Å². The van der Waals surface area contributed by atoms with Gasteiger partial charge in [-0.2, -0.15) is 13.2 Å². The third-order valence-corrected chi connectivity index (χ3v) is 5.47. The van der Waals surface area contributed by atoms with Crippen molar-refractivity contribution in [2.45, 2.75) is 58.4 Å². The number of anilines is 1. The highest BCUT2D eigenvalue weighted by Gasteiger charge is 2.31. The second kappa shape index (κ2) is 10.6. The lowest BCUT2D eigenvalue weighted by atomic mass is 10.0. The number of aromatic hydroxyl groups is 1. The predicted octanol–water partition coefficient (Wildman–Crippen LogP) is 4.10. The molecular weight excluding hydrogens is 479 g/mol. The number of alkyl carbamates (subject to hydrolysis) is 1. The van der Waals surface area contributed by atoms with Crippen molar-refractivity contribution < 1.29 is 32.6 Å². The summed E-state index contributed by atoms with van der Waals surface area (Å²) in [4.78, 5) is 26.0. The normalized spacial score (nSPS) is 16.4. The minimum atomic E-state index is -4.56. The molecule has 196 valence electrons. The Hall–Kier alpha value is -3.57. The molecule has 1 aromatic carbocycles. The van der Waals surface area contributed by atoms with Crippen LogP contribution in [0.15, 0.2) is 24.3 Å². The molecule has 0 bridgehead atoms. The number of phenols is 1. The molecule has 2 aromatic rings. The zero-order chi connectivity index (χ0) is 26.7. The first-order valence-electron chi connectivity index (χ1n) is 11.5. The molecule has 0 saturated carbocycles. The van der Waals surface area contributed by atoms with Gasteiger partial charge in [-0.15, -0.1) is 10.2 Å². The summed E-state index contributed by atoms with van der Waals surface area (Å²) in [6.45, 7) is 7.70. The lowest BCUT2D eigenvalue weighted by Crippen LogP contribution is -2.49. The minimum absolute atomic E-state index is 0.108. The van der Waals surface area contributed by atoms with Crippen LogP contribution in [0.2, 0.25) is 0 Å². The van der Waals surface area contributed by atoms with Gasteiger partial charge < -0.3 is 25.4 Å². The number of nitrogens with zero attached hydrogens (tertiary/aromatic N) is 3. The van der Waals surface area contributed by atoms with Gasteiger partial charge in [0.25, 0.3) is 0 Å². The molecule has 36 heavy (non-hydrogen) atoms. The molecule has 0 unspecified atom stereocenters. The van der Waals surface area contributed by atoms with E-state index in [-0.39, 0.29) is 29.8 Å². The van der Waals surface area contributed by atoms with Crippen molar-refractivity contribution in [3.8, 4) is 17.0 Å². The maximum atomic E-state index is 12.9. The topological polar surface area (TPSA) is 117 Å². The molecule has 1 aliphatic rings. The van der Waals surface area contributed by atoms with Crippen molar-refractivity contribution in [2.24, 2.45) is 0 Å². The van der Waals surface area contributed by atoms with Gasteiger partial charge >= 0.3 is 12.3 Å². The predicted molar refractivity (Wildman–Crippen MR) is 126 cm³/mol. The number of halogens is 3. The van der Waals surface area contributed by atoms with Crippen LogP contribution in [0.25, 0.3) is 11.3 Å². The maximum absolute atomic E-state index is 12.9. The van der Waals surface area contributed by atoms with Crippen LogP contribution in [0.1, 0.15) is 44.7 Å². The fourth-order valence-corrected chi connectivity index (χ4v) is 3.83. The lowest BCUT2D eigenvalue weighted by molar-refractivity contribution is -0.137. The van der Waals surface area contributed by atoms with Gasteiger partial charge in [0.1, 0.15) is 23.7 Å². The summed E-state index contributed by atoms with van der Waals surface area (Å²) in [6, 6.07) is 4.28. The van der Waals surface area contributed by atoms with E-state index in [4.69, 9.17) is 4.74 Å². The quantitative estimate of drug-likeness (QED) is 0.556. The number of nitrogens with one attached hydrogen (secondary N) is 2. The molecule has 0 spiro atoms. The van der Waals surface area contributed by atoms with E-state index in [0.29, 0.717) is 30.5 Å². The highest BCUT2D eigenvalue weighted by atomic mass is 19.4. The number of amides is 2. The number of carbonyl (C=O) groups excluding carboxylic acids is 2. The molecule has 1 fully saturated rings. The van der Waals surface area contributed by atoms with Crippen LogP contribution in [0.5, 0.6) is 5.75 Å². The van der Waals surface area contributed by atoms with E-state index in [1.807, 2.05) is 0 Å². The first kappa shape index (κ1) is 27.0. The third kappa shape index (κ3) is 7.22. The molecule has 1 atom stereocenters. The maximum Gasteiger partial charge on any atom is 0.416 e. The number of phenolic OH excluding ortho intramolecular Hbond substituents is 1. The van der Waals surface area contributed by atoms with Gasteiger partial charge in [-0.1, -0.05) is 0 Å². The number of rotatable bonds is 5. The SMILES string of the molecule is Cc1cc(N[C@@H]2CCCN(C(=O)CNC(=O)OC(C)(C)C)C2)nnc1-c1ccc(C(F)(F)F)cc1O. The lowest BCUT2D eigenvalue weighted by Gasteiger charge is -2.33. The van der Waals surface area contributed by atoms with Gasteiger partial charge in [0.15, 0.2) is 0 Å². The Morgan fingerprint density at radius 2 is 1.92 bits per heavy atom. The van der Waals surface area contributed by atoms with E-state index in [9.17, 15) is 27.9 Å². The van der Waals surface area contributed by atoms with Crippen molar-refractivity contribution in [2.75, 3.05) is 25.0 Å². The fraction of sp³-hybridized carbons (Fsp3) is 0.500. The van der Waals surface area contributed by atoms with Crippen LogP contribution in [-0.2, 0) is 15.7 Å². The third-order valence-electron chi connectivity index (χ3n) is 5.47. The number of alkyl halides is 3. The molecule has 0 radical (unpaired) electrons. The van der Waals surface area contributed by atoms with Crippen molar-refractivity contribution in [1.29, 1.82) is 0 Å². The van der Waals surface area contributed by atoms with E-state index < -0.39 is 29.2 Å². The molecule has 0 aliphatic carbocycles. The van der Waals surface area contributed by atoms with Crippen LogP contribution >= 0.6 is 0 Å². The summed E-state index contributed by atoms with van der Waals surface area (Å²) in [5.74, 6) is -0.332. The van der Waals surface area contributed by atoms with Gasteiger partial charge in [0.2, 0.25) is 5.91 Å². The van der Waals surface area contributed by atoms with E-state index in [1.54, 1.807) is 38.7 Å². The first-order valence-corrected chi connectivity index (χ1v) is 11.5. The zero-order valence-electron chi connectivity index (χ0n) is 20.6. The van der Waals surface area contributed by atoms with E-state index >= 15 is 0 Å². The number of piperidine rings is 1. The van der Waals surface area contributed by atoms with Crippen LogP contribution in [0.3, 0.4) is 0 Å². The summed E-state index contributed by atoms with van der Waals surface area (Å²) < 4.78 is 43.8. The second-order valence-corrected chi connectivity index (χ2v) is 9.67. The molecule has 1 aromatic heterocycles. The van der Waals surface area contributed by atoms with Crippen molar-refractivity contribution in [1.82, 2.24) is 20.4 Å². The Labute approximate surface area is 207 Å². The average molecular weight is 510 g/mol. The molecular formula is C24H30F3N5O4. The Morgan fingerprint density at radius 1 is 1.19 bits per heavy atom. The Kier molecular flexibility index (Phi) is 7.95. The van der Waals surface area contributed by atoms with Gasteiger partial charge in [-0.25, -0.2) is 4.79 Å². The number of ether oxygens (including phenoxy) is 1. The van der Waals surface area contributed by atoms with Crippen LogP contribution in [0.4, 0.5) is 23.8 Å². The fourth-order valence-electron chi connectivity index (χ4n) is 3.83. The van der Waals surface area contributed by atoms with Crippen molar-refractivity contribution in [3.63, 3.8) is 0 Å². The van der Waals surface area contributed by atoms with Crippen molar-refractivity contribution in [3.05, 3.63) is 35.4 Å². The number of carbonyl (C=O) groups is 2. The summed E-state index contributed by atoms with van der Waals surface area (Å²) >= 11 is 0. The van der Waals surface area contributed by atoms with Crippen LogP contribution in [0, 0.1) is 6.92 Å². The smallest absolute Gasteiger partial charge is 0.416 e. The standard InChI is InChI=1S/C24H30F3N5O4/c1-14-10-19(30-31-21(14)17-8-7-15(11-18(17)33)24(25,26)27)29-16-6-5-9-32(13-16)20(34)12-28-22(35)36-23(2,3)4/h7-8,10-11,16,33H,5-6,9,12-13H2,1-4H3,(H,28,35)(H,29,30)/t16-/m1/s1. The molecule has 12 heteroatoms. The Bertz CT molecular complexity index is 1120. The monoisotopic (exact) mass is 509 g/mol. The first-order chi connectivity index (χ1) is 16.7. The number of hydrogen-bond donors (Lipinski definition) is 3. The summed E-state index contributed by atoms with van der Waals surface area (Å²) in [5, 5.41) is 24.0. The molecule has 3 rings (SSSR count). The highest BCUT2D eigenvalue weighted by Crippen LogP contribution is 2.36. The van der Waals surface area contributed by atoms with E-state index in [0.717, 1.165) is 25.0 Å². The van der Waals surface area contributed by atoms with Gasteiger partial charge in [-0.3, -0.25) is 4.79 Å². The molecule has 1 saturated heterocycles. The van der Waals surface area contributed by atoms with Gasteiger partial charge in [-0.05, 0) is 70.4 Å². The number of benzene rings is 1. The number of aryl methyl sites for hydroxylation is 1. The molecule has 9 nitrogen and oxygen atoms in total. The summed E-state index contributed by atoms with van der Waals surface area (Å²) in [5.41, 5.74) is -0.599. The van der Waals surface area contributed by atoms with Gasteiger partial charge in [0, 0.05) is 24.7 Å². The Balaban J connectivity index is 1.61. The summed E-state index contributed by atoms with van der Waals surface area (Å²) in [6.07, 6.45) is -3.69. The average Bonchev–Trinajstić information content (AvgIpc) is 2.76. The zero-order valence-corrected chi connectivity index (χ0v) is 20.6. The number of hydrogen-bond acceptors (Lipinski definition) is 7. The van der Waals surface area contributed by atoms with E-state index in [2.05, 4.69) is 20.8 Å². The molecule has 3 N–H and O–H groups in total. The van der Waals surface area contributed by atoms with Gasteiger partial charge in [0.05, 0.1) is 11.3 Å². The highest BCUT2D eigenvalue weighted by molar-refractivity contribution is 5.82. The largest absolute Gasteiger partial charge is 0.507 e. The number of aromatic nitrogens is 2. The van der Waals surface area contributed by atoms with E-state index in [1.165, 1.54) is 0 Å². The second-order valence-electron chi connectivity index (χ2n) is 9.67. The summed E-state index contributed by atoms with van der Waals surface area (Å²) in [7, 11) is 0. The molecule has 2 heterocycles. The molecule has 1 aliphatic heterocycles. The Morgan fingerprint density at radius 3 is 2.53 bits per heavy atom. The number of likely N-dealkylation sites (tertiary alicyclic amines) is 1. The molecule has 2 amide bonds. The minimum Gasteiger partial charge on any atom is -0.507 e.